The van der Waals surface area contributed by atoms with E-state index in [1.54, 1.807) is 6.92 Å². The lowest BCUT2D eigenvalue weighted by Gasteiger charge is -2.41. The molecule has 0 aromatic heterocycles. The third kappa shape index (κ3) is 24.6. The Labute approximate surface area is 406 Å². The molecule has 12 nitrogen and oxygen atoms in total. The lowest BCUT2D eigenvalue weighted by atomic mass is 9.98. The molecule has 8 atom stereocenters. The number of unbranched alkanes of at least 4 members (excludes halogenated alkanes) is 11. The molecule has 0 bridgehead atoms. The highest BCUT2D eigenvalue weighted by Crippen LogP contribution is 2.30. The Kier molecular flexibility index (Phi) is 30.6. The number of hydrogen-bond acceptors (Lipinski definition) is 11. The third-order valence-corrected chi connectivity index (χ3v) is 10.8. The Bertz CT molecular complexity index is 2570. The van der Waals surface area contributed by atoms with Crippen LogP contribution in [0, 0.1) is 142 Å². The van der Waals surface area contributed by atoms with Crippen LogP contribution in [-0.4, -0.2) is 117 Å². The van der Waals surface area contributed by atoms with Gasteiger partial charge in [-0.05, 0) is 108 Å². The largest absolute Gasteiger partial charge is 0.390 e. The molecule has 2 unspecified atom stereocenters. The summed E-state index contributed by atoms with van der Waals surface area (Å²) in [5.74, 6) is 57.3. The van der Waals surface area contributed by atoms with Crippen LogP contribution < -0.4 is 5.32 Å². The maximum Gasteiger partial charge on any atom is 0.297 e. The highest BCUT2D eigenvalue weighted by molar-refractivity contribution is 8.04. The number of aliphatic hydroxyl groups excluding tert-OH is 5. The zero-order valence-corrected chi connectivity index (χ0v) is 39.3. The molecule has 1 saturated heterocycles. The van der Waals surface area contributed by atoms with Crippen molar-refractivity contribution in [2.45, 2.75) is 146 Å². The Morgan fingerprint density at radius 3 is 1.56 bits per heavy atom. The second-order valence-corrected chi connectivity index (χ2v) is 15.9. The summed E-state index contributed by atoms with van der Waals surface area (Å²) >= 11 is 0.918. The highest BCUT2D eigenvalue weighted by Gasteiger charge is 2.45. The van der Waals surface area contributed by atoms with Crippen LogP contribution >= 0.6 is 11.8 Å². The monoisotopic (exact) mass is 934 g/mol. The molecule has 13 heteroatoms. The molecule has 0 aliphatic carbocycles. The van der Waals surface area contributed by atoms with Gasteiger partial charge in [0, 0.05) is 60.3 Å². The van der Waals surface area contributed by atoms with Gasteiger partial charge in [-0.2, -0.15) is 0 Å². The van der Waals surface area contributed by atoms with E-state index in [2.05, 4.69) is 154 Å². The Morgan fingerprint density at radius 1 is 0.676 bits per heavy atom. The van der Waals surface area contributed by atoms with Crippen LogP contribution in [0.4, 0.5) is 0 Å². The smallest absolute Gasteiger partial charge is 0.297 e. The predicted molar refractivity (Wildman–Crippen MR) is 260 cm³/mol. The molecule has 1 fully saturated rings. The van der Waals surface area contributed by atoms with E-state index in [0.29, 0.717) is 6.42 Å². The highest BCUT2D eigenvalue weighted by atomic mass is 32.2. The summed E-state index contributed by atoms with van der Waals surface area (Å²) in [5.41, 5.74) is 0. The number of aliphatic hydroxyl groups is 5. The van der Waals surface area contributed by atoms with Gasteiger partial charge in [0.25, 0.3) is 17.7 Å². The molecule has 6 N–H and O–H groups in total. The quantitative estimate of drug-likeness (QED) is 0.0529. The molecule has 2 heterocycles. The number of carbonyl (C=O) groups excluding carboxylic acids is 3. The van der Waals surface area contributed by atoms with E-state index in [0.717, 1.165) is 48.4 Å². The van der Waals surface area contributed by atoms with Crippen molar-refractivity contribution in [1.29, 1.82) is 0 Å². The van der Waals surface area contributed by atoms with Crippen LogP contribution in [0.5, 0.6) is 0 Å². The maximum absolute atomic E-state index is 12.9. The van der Waals surface area contributed by atoms with Gasteiger partial charge < -0.3 is 40.3 Å². The molecule has 2 aliphatic heterocycles. The van der Waals surface area contributed by atoms with Crippen molar-refractivity contribution in [2.24, 2.45) is 0 Å². The van der Waals surface area contributed by atoms with Crippen LogP contribution in [0.25, 0.3) is 0 Å². The molecule has 0 saturated carbocycles. The van der Waals surface area contributed by atoms with Gasteiger partial charge in [0.2, 0.25) is 0 Å². The zero-order chi connectivity index (χ0) is 49.6. The summed E-state index contributed by atoms with van der Waals surface area (Å²) in [6.07, 6.45) is 4.22. The fourth-order valence-corrected chi connectivity index (χ4v) is 7.10. The molecule has 0 radical (unpaired) electrons. The Morgan fingerprint density at radius 2 is 1.12 bits per heavy atom. The average Bonchev–Trinajstić information content (AvgIpc) is 3.58. The maximum atomic E-state index is 12.9. The number of likely N-dealkylation sites (N-methyl/N-ethyl adjacent to an activating group) is 1. The number of nitrogens with zero attached hydrogens (tertiary/aromatic N) is 1. The molecular weight excluding hydrogens is 881 g/mol. The van der Waals surface area contributed by atoms with Crippen molar-refractivity contribution in [2.75, 3.05) is 19.4 Å². The van der Waals surface area contributed by atoms with E-state index in [4.69, 9.17) is 9.47 Å². The summed E-state index contributed by atoms with van der Waals surface area (Å²) in [6.45, 7) is 3.36. The number of amides is 3. The van der Waals surface area contributed by atoms with E-state index in [1.165, 1.54) is 52.0 Å². The summed E-state index contributed by atoms with van der Waals surface area (Å²) in [7, 11) is 1.33. The van der Waals surface area contributed by atoms with Crippen LogP contribution in [0.1, 0.15) is 97.3 Å². The number of thioether (sulfide) groups is 1. The van der Waals surface area contributed by atoms with Crippen molar-refractivity contribution in [3.8, 4) is 142 Å². The average molecular weight is 935 g/mol. The number of hydrogen-bond donors (Lipinski definition) is 6. The number of carbonyl (C=O) groups is 3. The van der Waals surface area contributed by atoms with Crippen molar-refractivity contribution >= 4 is 29.5 Å². The fraction of sp³-hybridized carbons (Fsp3) is 0.473. The molecule has 3 amide bonds. The predicted octanol–water partition coefficient (Wildman–Crippen LogP) is 1.78. The molecule has 2 aliphatic rings. The first-order valence-electron chi connectivity index (χ1n) is 22.1. The van der Waals surface area contributed by atoms with E-state index in [9.17, 15) is 39.9 Å². The van der Waals surface area contributed by atoms with Crippen LogP contribution in [0.2, 0.25) is 0 Å². The first-order valence-corrected chi connectivity index (χ1v) is 23.1. The number of rotatable bonds is 22. The van der Waals surface area contributed by atoms with E-state index < -0.39 is 73.3 Å². The van der Waals surface area contributed by atoms with E-state index in [-0.39, 0.29) is 17.1 Å². The van der Waals surface area contributed by atoms with Gasteiger partial charge in [-0.3, -0.25) is 19.3 Å². The van der Waals surface area contributed by atoms with E-state index >= 15 is 0 Å². The molecular formula is C55H54N2O10S. The SMILES string of the molecule is CC#CC#CC#CC#CC#CC#CC#CC#CC#CC#CC#CC#CC(=O)N[C@@H](CO[C@H]1OC(CSC2=CC(=O)N(C)C2=O)[C@H](O)[C@H](O)C1O)[C@H](O)[C@H](O)CCCCCCCCCCCCCC. The second-order valence-electron chi connectivity index (χ2n) is 14.8. The molecule has 350 valence electrons. The van der Waals surface area contributed by atoms with Gasteiger partial charge in [-0.25, -0.2) is 0 Å². The van der Waals surface area contributed by atoms with Gasteiger partial charge in [-0.1, -0.05) is 89.9 Å². The van der Waals surface area contributed by atoms with Gasteiger partial charge in [0.15, 0.2) is 6.29 Å². The number of nitrogens with one attached hydrogen (secondary N) is 1. The van der Waals surface area contributed by atoms with Crippen molar-refractivity contribution in [1.82, 2.24) is 10.2 Å². The lowest BCUT2D eigenvalue weighted by molar-refractivity contribution is -0.294. The lowest BCUT2D eigenvalue weighted by Crippen LogP contribution is -2.60. The first-order chi connectivity index (χ1) is 33.0. The molecule has 0 aromatic rings. The topological polar surface area (TPSA) is 186 Å². The third-order valence-electron chi connectivity index (χ3n) is 9.70. The zero-order valence-electron chi connectivity index (χ0n) is 38.4. The normalized spacial score (nSPS) is 18.3. The van der Waals surface area contributed by atoms with Crippen molar-refractivity contribution in [3.05, 3.63) is 11.0 Å². The first kappa shape index (κ1) is 57.3. The summed E-state index contributed by atoms with van der Waals surface area (Å²) in [5, 5.41) is 56.7. The van der Waals surface area contributed by atoms with Gasteiger partial charge in [0.05, 0.1) is 29.8 Å². The van der Waals surface area contributed by atoms with Gasteiger partial charge in [0.1, 0.15) is 24.4 Å². The minimum atomic E-state index is -1.75. The van der Waals surface area contributed by atoms with Crippen LogP contribution in [0.15, 0.2) is 11.0 Å². The number of imide groups is 1. The summed E-state index contributed by atoms with van der Waals surface area (Å²) < 4.78 is 11.5. The summed E-state index contributed by atoms with van der Waals surface area (Å²) in [6, 6.07) is -1.28. The Hall–Kier alpha value is -6.86. The molecule has 0 aromatic carbocycles. The standard InChI is InChI=1S/C55H54N2O10S/c1-4-6-8-10-12-14-16-18-19-20-21-22-23-24-25-26-27-28-30-32-34-36-38-40-48(59)56-44(50(61)45(58)39-37-35-33-31-29-17-15-13-11-9-7-5-2)42-66-55-53(64)52(63)51(62)46(67-55)43-68-47-41-49(60)57(3)54(47)65/h41,44-46,50-53,55,58,61-64H,5,7,9,11,13,15,17,29,31,33,35,37,39,42-43H2,1-3H3,(H,56,59)/t44-,45+,46?,50-,51-,52-,53?,55-/m0/s1. The molecule has 0 spiro atoms. The van der Waals surface area contributed by atoms with Gasteiger partial charge in [-0.15, -0.1) is 11.8 Å². The van der Waals surface area contributed by atoms with Crippen molar-refractivity contribution in [3.63, 3.8) is 0 Å². The Balaban J connectivity index is 2.01. The van der Waals surface area contributed by atoms with Gasteiger partial charge >= 0.3 is 0 Å². The second kappa shape index (κ2) is 36.3. The minimum absolute atomic E-state index is 0.0995. The van der Waals surface area contributed by atoms with Crippen LogP contribution in [0.3, 0.4) is 0 Å². The van der Waals surface area contributed by atoms with E-state index in [1.807, 2.05) is 0 Å². The van der Waals surface area contributed by atoms with Crippen LogP contribution in [-0.2, 0) is 23.9 Å². The van der Waals surface area contributed by atoms with Crippen molar-refractivity contribution < 1.29 is 49.4 Å². The fourth-order valence-electron chi connectivity index (χ4n) is 6.04. The molecule has 2 rings (SSSR count). The minimum Gasteiger partial charge on any atom is -0.390 e. The summed E-state index contributed by atoms with van der Waals surface area (Å²) in [4.78, 5) is 38.1. The number of ether oxygens (including phenoxy) is 2. The molecule has 68 heavy (non-hydrogen) atoms.